The summed E-state index contributed by atoms with van der Waals surface area (Å²) in [5.74, 6) is 0.758. The van der Waals surface area contributed by atoms with Crippen molar-refractivity contribution in [3.05, 3.63) is 35.4 Å². The molecule has 0 aromatic heterocycles. The summed E-state index contributed by atoms with van der Waals surface area (Å²) in [6.45, 7) is 9.21. The molecule has 0 spiro atoms. The van der Waals surface area contributed by atoms with Crippen LogP contribution in [0.4, 0.5) is 0 Å². The minimum Gasteiger partial charge on any atom is -0.319 e. The van der Waals surface area contributed by atoms with E-state index in [4.69, 9.17) is 0 Å². The van der Waals surface area contributed by atoms with Gasteiger partial charge in [-0.3, -0.25) is 10.1 Å². The van der Waals surface area contributed by atoms with Gasteiger partial charge in [0.2, 0.25) is 5.91 Å². The van der Waals surface area contributed by atoms with E-state index < -0.39 is 0 Å². The molecule has 2 rings (SSSR count). The van der Waals surface area contributed by atoms with Crippen molar-refractivity contribution in [2.75, 3.05) is 6.54 Å². The molecule has 1 fully saturated rings. The van der Waals surface area contributed by atoms with E-state index in [0.717, 1.165) is 6.42 Å². The second-order valence-electron chi connectivity index (χ2n) is 6.40. The van der Waals surface area contributed by atoms with Crippen LogP contribution < -0.4 is 5.32 Å². The first-order valence-electron chi connectivity index (χ1n) is 8.19. The van der Waals surface area contributed by atoms with Gasteiger partial charge >= 0.3 is 0 Å². The van der Waals surface area contributed by atoms with Crippen molar-refractivity contribution in [1.82, 2.24) is 10.2 Å². The van der Waals surface area contributed by atoms with Gasteiger partial charge in [0.15, 0.2) is 0 Å². The van der Waals surface area contributed by atoms with E-state index in [-0.39, 0.29) is 12.1 Å². The van der Waals surface area contributed by atoms with E-state index in [1.165, 1.54) is 24.0 Å². The molecule has 1 aliphatic rings. The van der Waals surface area contributed by atoms with E-state index >= 15 is 0 Å². The lowest BCUT2D eigenvalue weighted by molar-refractivity contribution is -0.130. The predicted molar refractivity (Wildman–Crippen MR) is 87.1 cm³/mol. The number of hydrogen-bond acceptors (Lipinski definition) is 2. The van der Waals surface area contributed by atoms with Gasteiger partial charge in [0.1, 0.15) is 6.17 Å². The van der Waals surface area contributed by atoms with Crippen LogP contribution in [0.5, 0.6) is 0 Å². The van der Waals surface area contributed by atoms with Crippen molar-refractivity contribution in [3.63, 3.8) is 0 Å². The lowest BCUT2D eigenvalue weighted by Crippen LogP contribution is -2.37. The van der Waals surface area contributed by atoms with Crippen molar-refractivity contribution in [2.45, 2.75) is 65.1 Å². The minimum absolute atomic E-state index is 0.0329. The molecule has 2 unspecified atom stereocenters. The molecule has 2 atom stereocenters. The molecule has 0 saturated carbocycles. The van der Waals surface area contributed by atoms with Crippen LogP contribution in [0.15, 0.2) is 24.3 Å². The second kappa shape index (κ2) is 7.08. The average molecular weight is 288 g/mol. The summed E-state index contributed by atoms with van der Waals surface area (Å²) in [4.78, 5) is 14.2. The summed E-state index contributed by atoms with van der Waals surface area (Å²) < 4.78 is 0. The van der Waals surface area contributed by atoms with Gasteiger partial charge in [-0.2, -0.15) is 0 Å². The Morgan fingerprint density at radius 1 is 1.24 bits per heavy atom. The highest BCUT2D eigenvalue weighted by Gasteiger charge is 2.34. The molecular weight excluding hydrogens is 260 g/mol. The fraction of sp³-hybridized carbons (Fsp3) is 0.611. The summed E-state index contributed by atoms with van der Waals surface area (Å²) in [5, 5.41) is 3.36. The highest BCUT2D eigenvalue weighted by atomic mass is 16.2. The van der Waals surface area contributed by atoms with Crippen LogP contribution in [0.3, 0.4) is 0 Å². The molecule has 1 amide bonds. The monoisotopic (exact) mass is 288 g/mol. The first-order chi connectivity index (χ1) is 10.0. The van der Waals surface area contributed by atoms with Gasteiger partial charge in [-0.25, -0.2) is 0 Å². The molecule has 0 bridgehead atoms. The van der Waals surface area contributed by atoms with E-state index in [1.54, 1.807) is 0 Å². The number of carbonyl (C=O) groups is 1. The third kappa shape index (κ3) is 3.65. The largest absolute Gasteiger partial charge is 0.319 e. The topological polar surface area (TPSA) is 32.3 Å². The van der Waals surface area contributed by atoms with Gasteiger partial charge in [-0.1, -0.05) is 57.9 Å². The Morgan fingerprint density at radius 2 is 1.90 bits per heavy atom. The van der Waals surface area contributed by atoms with Crippen LogP contribution in [0.2, 0.25) is 0 Å². The maximum atomic E-state index is 12.2. The standard InChI is InChI=1S/C18H28N2O/c1-5-6-7-14(4)20-17(21)12-19-18(20)16-10-8-15(9-11-16)13(2)3/h8-11,13-14,18-19H,5-7,12H2,1-4H3. The fourth-order valence-electron chi connectivity index (χ4n) is 3.00. The van der Waals surface area contributed by atoms with E-state index in [0.29, 0.717) is 18.5 Å². The van der Waals surface area contributed by atoms with Gasteiger partial charge in [-0.15, -0.1) is 0 Å². The summed E-state index contributed by atoms with van der Waals surface area (Å²) in [6.07, 6.45) is 3.45. The quantitative estimate of drug-likeness (QED) is 0.863. The number of benzene rings is 1. The average Bonchev–Trinajstić information content (AvgIpc) is 2.86. The molecule has 116 valence electrons. The Labute approximate surface area is 128 Å². The van der Waals surface area contributed by atoms with E-state index in [1.807, 2.05) is 4.90 Å². The van der Waals surface area contributed by atoms with Crippen molar-refractivity contribution in [3.8, 4) is 0 Å². The van der Waals surface area contributed by atoms with Crippen LogP contribution in [0.25, 0.3) is 0 Å². The molecule has 1 heterocycles. The molecule has 0 aliphatic carbocycles. The highest BCUT2D eigenvalue weighted by molar-refractivity contribution is 5.81. The number of nitrogens with zero attached hydrogens (tertiary/aromatic N) is 1. The zero-order chi connectivity index (χ0) is 15.4. The van der Waals surface area contributed by atoms with Crippen molar-refractivity contribution >= 4 is 5.91 Å². The van der Waals surface area contributed by atoms with Crippen LogP contribution >= 0.6 is 0 Å². The summed E-state index contributed by atoms with van der Waals surface area (Å²) in [5.41, 5.74) is 2.53. The molecule has 1 aliphatic heterocycles. The number of rotatable bonds is 6. The first kappa shape index (κ1) is 16.0. The lowest BCUT2D eigenvalue weighted by atomic mass is 10.0. The van der Waals surface area contributed by atoms with Crippen molar-refractivity contribution in [2.24, 2.45) is 0 Å². The van der Waals surface area contributed by atoms with E-state index in [9.17, 15) is 4.79 Å². The van der Waals surface area contributed by atoms with Gasteiger partial charge in [0.05, 0.1) is 6.54 Å². The van der Waals surface area contributed by atoms with Gasteiger partial charge in [0, 0.05) is 6.04 Å². The summed E-state index contributed by atoms with van der Waals surface area (Å²) >= 11 is 0. The van der Waals surface area contributed by atoms with Crippen LogP contribution in [-0.4, -0.2) is 23.4 Å². The van der Waals surface area contributed by atoms with Crippen LogP contribution in [0, 0.1) is 0 Å². The third-order valence-corrected chi connectivity index (χ3v) is 4.38. The number of unbranched alkanes of at least 4 members (excludes halogenated alkanes) is 1. The zero-order valence-corrected chi connectivity index (χ0v) is 13.7. The van der Waals surface area contributed by atoms with Gasteiger partial charge in [0.25, 0.3) is 0 Å². The van der Waals surface area contributed by atoms with Crippen molar-refractivity contribution in [1.29, 1.82) is 0 Å². The summed E-state index contributed by atoms with van der Waals surface area (Å²) in [7, 11) is 0. The SMILES string of the molecule is CCCCC(C)N1C(=O)CNC1c1ccc(C(C)C)cc1. The third-order valence-electron chi connectivity index (χ3n) is 4.38. The number of hydrogen-bond donors (Lipinski definition) is 1. The molecule has 1 saturated heterocycles. The Hall–Kier alpha value is -1.35. The predicted octanol–water partition coefficient (Wildman–Crippen LogP) is 3.82. The van der Waals surface area contributed by atoms with Crippen LogP contribution in [-0.2, 0) is 4.79 Å². The van der Waals surface area contributed by atoms with Gasteiger partial charge in [-0.05, 0) is 30.4 Å². The number of nitrogens with one attached hydrogen (secondary N) is 1. The highest BCUT2D eigenvalue weighted by Crippen LogP contribution is 2.27. The smallest absolute Gasteiger partial charge is 0.238 e. The zero-order valence-electron chi connectivity index (χ0n) is 13.7. The Morgan fingerprint density at radius 3 is 2.48 bits per heavy atom. The normalized spacial score (nSPS) is 20.3. The molecule has 1 N–H and O–H groups in total. The maximum absolute atomic E-state index is 12.2. The Balaban J connectivity index is 2.15. The fourth-order valence-corrected chi connectivity index (χ4v) is 3.00. The van der Waals surface area contributed by atoms with Crippen molar-refractivity contribution < 1.29 is 4.79 Å². The maximum Gasteiger partial charge on any atom is 0.238 e. The molecule has 1 aromatic carbocycles. The minimum atomic E-state index is 0.0329. The summed E-state index contributed by atoms with van der Waals surface area (Å²) in [6, 6.07) is 8.97. The molecular formula is C18H28N2O. The number of carbonyl (C=O) groups excluding carboxylic acids is 1. The van der Waals surface area contributed by atoms with Gasteiger partial charge < -0.3 is 4.90 Å². The van der Waals surface area contributed by atoms with Crippen LogP contribution in [0.1, 0.15) is 70.2 Å². The lowest BCUT2D eigenvalue weighted by Gasteiger charge is -2.31. The molecule has 1 aromatic rings. The Kier molecular flexibility index (Phi) is 5.40. The molecule has 3 nitrogen and oxygen atoms in total. The second-order valence-corrected chi connectivity index (χ2v) is 6.40. The molecule has 0 radical (unpaired) electrons. The Bertz CT molecular complexity index is 467. The van der Waals surface area contributed by atoms with E-state index in [2.05, 4.69) is 57.3 Å². The first-order valence-corrected chi connectivity index (χ1v) is 8.19. The molecule has 3 heteroatoms. The number of amides is 1. The molecule has 21 heavy (non-hydrogen) atoms.